The molecule has 22 heavy (non-hydrogen) atoms. The maximum Gasteiger partial charge on any atom is 0.220 e. The van der Waals surface area contributed by atoms with Crippen LogP contribution < -0.4 is 5.32 Å². The third-order valence-corrected chi connectivity index (χ3v) is 4.67. The number of carbonyl (C=O) groups excluding carboxylic acids is 1. The van der Waals surface area contributed by atoms with Crippen molar-refractivity contribution in [2.75, 3.05) is 13.1 Å². The van der Waals surface area contributed by atoms with E-state index in [0.29, 0.717) is 12.5 Å². The Morgan fingerprint density at radius 1 is 1.23 bits per heavy atom. The first-order valence-electron chi connectivity index (χ1n) is 8.45. The van der Waals surface area contributed by atoms with Crippen LogP contribution in [0.2, 0.25) is 0 Å². The van der Waals surface area contributed by atoms with E-state index >= 15 is 0 Å². The van der Waals surface area contributed by atoms with Crippen LogP contribution in [0, 0.1) is 0 Å². The molecule has 0 aromatic heterocycles. The molecule has 1 aromatic rings. The van der Waals surface area contributed by atoms with Gasteiger partial charge in [-0.3, -0.25) is 9.69 Å². The summed E-state index contributed by atoms with van der Waals surface area (Å²) < 4.78 is 0. The maximum atomic E-state index is 12.2. The Labute approximate surface area is 135 Å². The van der Waals surface area contributed by atoms with E-state index in [2.05, 4.69) is 50.0 Å². The van der Waals surface area contributed by atoms with Crippen molar-refractivity contribution in [1.82, 2.24) is 10.2 Å². The Morgan fingerprint density at radius 3 is 2.36 bits per heavy atom. The van der Waals surface area contributed by atoms with Crippen LogP contribution in [0.3, 0.4) is 0 Å². The first-order chi connectivity index (χ1) is 10.4. The molecule has 122 valence electrons. The second-order valence-corrected chi connectivity index (χ2v) is 7.52. The van der Waals surface area contributed by atoms with Gasteiger partial charge in [-0.15, -0.1) is 0 Å². The molecule has 1 aromatic carbocycles. The quantitative estimate of drug-likeness (QED) is 0.922. The lowest BCUT2D eigenvalue weighted by Gasteiger charge is -2.41. The van der Waals surface area contributed by atoms with Crippen LogP contribution in [0.1, 0.15) is 58.4 Å². The van der Waals surface area contributed by atoms with Crippen molar-refractivity contribution in [2.24, 2.45) is 0 Å². The summed E-state index contributed by atoms with van der Waals surface area (Å²) in [5.74, 6) is 0.460. The summed E-state index contributed by atoms with van der Waals surface area (Å²) in [5.41, 5.74) is 1.47. The summed E-state index contributed by atoms with van der Waals surface area (Å²) in [7, 11) is 0. The van der Waals surface area contributed by atoms with Crippen LogP contribution in [-0.4, -0.2) is 35.5 Å². The standard InChI is InChI=1S/C19H30N2O/c1-15(16-8-6-5-7-9-16)14-18(22)20-17-10-12-21(13-11-17)19(2,3)4/h5-9,15,17H,10-14H2,1-4H3,(H,20,22)/t15-/m1/s1. The van der Waals surface area contributed by atoms with Gasteiger partial charge in [0, 0.05) is 31.1 Å². The van der Waals surface area contributed by atoms with Gasteiger partial charge in [0.2, 0.25) is 5.91 Å². The van der Waals surface area contributed by atoms with Crippen LogP contribution in [0.25, 0.3) is 0 Å². The predicted molar refractivity (Wildman–Crippen MR) is 92.0 cm³/mol. The molecule has 1 heterocycles. The highest BCUT2D eigenvalue weighted by Crippen LogP contribution is 2.21. The molecule has 3 nitrogen and oxygen atoms in total. The fraction of sp³-hybridized carbons (Fsp3) is 0.632. The summed E-state index contributed by atoms with van der Waals surface area (Å²) in [4.78, 5) is 14.8. The number of carbonyl (C=O) groups is 1. The molecular weight excluding hydrogens is 272 g/mol. The molecule has 2 rings (SSSR count). The van der Waals surface area contributed by atoms with Crippen molar-refractivity contribution in [3.05, 3.63) is 35.9 Å². The molecule has 0 spiro atoms. The molecule has 0 saturated carbocycles. The number of hydrogen-bond donors (Lipinski definition) is 1. The molecular formula is C19H30N2O. The lowest BCUT2D eigenvalue weighted by Crippen LogP contribution is -2.50. The second kappa shape index (κ2) is 7.28. The maximum absolute atomic E-state index is 12.2. The molecule has 1 aliphatic rings. The normalized spacial score (nSPS) is 18.9. The van der Waals surface area contributed by atoms with Crippen molar-refractivity contribution in [2.45, 2.75) is 64.5 Å². The van der Waals surface area contributed by atoms with E-state index in [9.17, 15) is 4.79 Å². The fourth-order valence-electron chi connectivity index (χ4n) is 3.16. The average Bonchev–Trinajstić information content (AvgIpc) is 2.47. The summed E-state index contributed by atoms with van der Waals surface area (Å²) >= 11 is 0. The zero-order valence-electron chi connectivity index (χ0n) is 14.4. The van der Waals surface area contributed by atoms with E-state index in [1.165, 1.54) is 5.56 Å². The van der Waals surface area contributed by atoms with Gasteiger partial charge in [-0.2, -0.15) is 0 Å². The SMILES string of the molecule is C[C@H](CC(=O)NC1CCN(C(C)(C)C)CC1)c1ccccc1. The Kier molecular flexibility index (Phi) is 5.63. The molecule has 0 bridgehead atoms. The lowest BCUT2D eigenvalue weighted by molar-refractivity contribution is -0.122. The van der Waals surface area contributed by atoms with Crippen LogP contribution in [0.15, 0.2) is 30.3 Å². The zero-order valence-corrected chi connectivity index (χ0v) is 14.4. The Bertz CT molecular complexity index is 470. The van der Waals surface area contributed by atoms with Crippen molar-refractivity contribution < 1.29 is 4.79 Å². The smallest absolute Gasteiger partial charge is 0.220 e. The van der Waals surface area contributed by atoms with Gasteiger partial charge < -0.3 is 5.32 Å². The van der Waals surface area contributed by atoms with Gasteiger partial charge in [-0.1, -0.05) is 37.3 Å². The topological polar surface area (TPSA) is 32.3 Å². The Hall–Kier alpha value is -1.35. The monoisotopic (exact) mass is 302 g/mol. The van der Waals surface area contributed by atoms with Crippen LogP contribution in [0.5, 0.6) is 0 Å². The molecule has 1 fully saturated rings. The van der Waals surface area contributed by atoms with E-state index in [1.54, 1.807) is 0 Å². The molecule has 3 heteroatoms. The molecule has 0 unspecified atom stereocenters. The summed E-state index contributed by atoms with van der Waals surface area (Å²) in [6, 6.07) is 10.6. The number of likely N-dealkylation sites (tertiary alicyclic amines) is 1. The van der Waals surface area contributed by atoms with E-state index in [-0.39, 0.29) is 17.4 Å². The largest absolute Gasteiger partial charge is 0.353 e. The highest BCUT2D eigenvalue weighted by atomic mass is 16.1. The zero-order chi connectivity index (χ0) is 16.2. The molecule has 0 aliphatic carbocycles. The van der Waals surface area contributed by atoms with Gasteiger partial charge in [0.05, 0.1) is 0 Å². The summed E-state index contributed by atoms with van der Waals surface area (Å²) in [6.07, 6.45) is 2.69. The van der Waals surface area contributed by atoms with E-state index in [1.807, 2.05) is 18.2 Å². The van der Waals surface area contributed by atoms with E-state index in [0.717, 1.165) is 25.9 Å². The van der Waals surface area contributed by atoms with Crippen molar-refractivity contribution in [3.63, 3.8) is 0 Å². The minimum absolute atomic E-state index is 0.186. The first kappa shape index (κ1) is 17.0. The first-order valence-corrected chi connectivity index (χ1v) is 8.45. The minimum Gasteiger partial charge on any atom is -0.353 e. The second-order valence-electron chi connectivity index (χ2n) is 7.52. The number of nitrogens with zero attached hydrogens (tertiary/aromatic N) is 1. The van der Waals surface area contributed by atoms with Gasteiger partial charge in [0.25, 0.3) is 0 Å². The van der Waals surface area contributed by atoms with Crippen LogP contribution in [-0.2, 0) is 4.79 Å². The molecule has 1 saturated heterocycles. The average molecular weight is 302 g/mol. The van der Waals surface area contributed by atoms with Crippen molar-refractivity contribution in [3.8, 4) is 0 Å². The highest BCUT2D eigenvalue weighted by molar-refractivity contribution is 5.77. The summed E-state index contributed by atoms with van der Waals surface area (Å²) in [6.45, 7) is 11.0. The van der Waals surface area contributed by atoms with Crippen LogP contribution >= 0.6 is 0 Å². The number of rotatable bonds is 4. The van der Waals surface area contributed by atoms with Crippen molar-refractivity contribution >= 4 is 5.91 Å². The predicted octanol–water partition coefficient (Wildman–Crippen LogP) is 3.56. The van der Waals surface area contributed by atoms with Gasteiger partial charge in [0.15, 0.2) is 0 Å². The van der Waals surface area contributed by atoms with Gasteiger partial charge in [0.1, 0.15) is 0 Å². The van der Waals surface area contributed by atoms with Gasteiger partial charge in [-0.25, -0.2) is 0 Å². The lowest BCUT2D eigenvalue weighted by atomic mass is 9.96. The third-order valence-electron chi connectivity index (χ3n) is 4.67. The number of amides is 1. The summed E-state index contributed by atoms with van der Waals surface area (Å²) in [5, 5.41) is 3.23. The van der Waals surface area contributed by atoms with Crippen LogP contribution in [0.4, 0.5) is 0 Å². The molecule has 1 amide bonds. The van der Waals surface area contributed by atoms with E-state index in [4.69, 9.17) is 0 Å². The number of hydrogen-bond acceptors (Lipinski definition) is 2. The highest BCUT2D eigenvalue weighted by Gasteiger charge is 2.27. The van der Waals surface area contributed by atoms with Crippen molar-refractivity contribution in [1.29, 1.82) is 0 Å². The Morgan fingerprint density at radius 2 is 1.82 bits per heavy atom. The van der Waals surface area contributed by atoms with E-state index < -0.39 is 0 Å². The van der Waals surface area contributed by atoms with Gasteiger partial charge in [-0.05, 0) is 45.1 Å². The minimum atomic E-state index is 0.186. The number of piperidine rings is 1. The van der Waals surface area contributed by atoms with Gasteiger partial charge >= 0.3 is 0 Å². The molecule has 1 N–H and O–H groups in total. The molecule has 1 aliphatic heterocycles. The molecule has 0 radical (unpaired) electrons. The third kappa shape index (κ3) is 4.84. The molecule has 1 atom stereocenters. The number of benzene rings is 1. The number of nitrogens with one attached hydrogen (secondary N) is 1. The fourth-order valence-corrected chi connectivity index (χ4v) is 3.16. The Balaban J connectivity index is 1.77.